The van der Waals surface area contributed by atoms with Crippen LogP contribution in [0.25, 0.3) is 0 Å². The van der Waals surface area contributed by atoms with Gasteiger partial charge in [-0.1, -0.05) is 32.1 Å². The van der Waals surface area contributed by atoms with Crippen molar-refractivity contribution in [1.82, 2.24) is 5.32 Å². The predicted molar refractivity (Wildman–Crippen MR) is 123 cm³/mol. The summed E-state index contributed by atoms with van der Waals surface area (Å²) in [5.74, 6) is 3.74. The maximum atomic E-state index is 7.35. The molecule has 3 heterocycles. The lowest BCUT2D eigenvalue weighted by atomic mass is 9.55. The number of rotatable bonds is 4. The van der Waals surface area contributed by atoms with E-state index in [0.29, 0.717) is 12.0 Å². The van der Waals surface area contributed by atoms with Gasteiger partial charge in [0.25, 0.3) is 0 Å². The Kier molecular flexibility index (Phi) is 6.25. The minimum absolute atomic E-state index is 0.0344. The third-order valence-electron chi connectivity index (χ3n) is 10.3. The first-order valence-corrected chi connectivity index (χ1v) is 13.4. The number of nitrogens with two attached hydrogens (primary N) is 2. The zero-order chi connectivity index (χ0) is 20.8. The number of hydrogen-bond donors (Lipinski definition) is 3. The Labute approximate surface area is 184 Å². The Morgan fingerprint density at radius 1 is 0.867 bits per heavy atom. The molecule has 6 aliphatic rings. The number of ether oxygens (including phenoxy) is 1. The van der Waals surface area contributed by atoms with Crippen molar-refractivity contribution < 1.29 is 4.74 Å². The summed E-state index contributed by atoms with van der Waals surface area (Å²) in [4.78, 5) is 0. The largest absolute Gasteiger partial charge is 0.368 e. The molecule has 2 unspecified atom stereocenters. The summed E-state index contributed by atoms with van der Waals surface area (Å²) in [6.07, 6.45) is 20.2. The van der Waals surface area contributed by atoms with E-state index in [1.807, 2.05) is 0 Å². The Hall–Kier alpha value is -0.160. The van der Waals surface area contributed by atoms with Crippen molar-refractivity contribution in [3.63, 3.8) is 0 Å². The molecule has 0 aromatic rings. The van der Waals surface area contributed by atoms with Crippen LogP contribution in [0.15, 0.2) is 0 Å². The van der Waals surface area contributed by atoms with Gasteiger partial charge in [0.2, 0.25) is 0 Å². The molecule has 172 valence electrons. The molecule has 0 amide bonds. The highest BCUT2D eigenvalue weighted by Gasteiger charge is 2.61. The van der Waals surface area contributed by atoms with Crippen molar-refractivity contribution >= 4 is 0 Å². The van der Waals surface area contributed by atoms with Gasteiger partial charge in [0.05, 0.1) is 17.4 Å². The van der Waals surface area contributed by atoms with Crippen molar-refractivity contribution in [2.24, 2.45) is 41.1 Å². The molecule has 3 saturated carbocycles. The topological polar surface area (TPSA) is 73.3 Å². The van der Waals surface area contributed by atoms with Gasteiger partial charge in [-0.15, -0.1) is 0 Å². The van der Waals surface area contributed by atoms with Crippen LogP contribution in [0.2, 0.25) is 0 Å². The summed E-state index contributed by atoms with van der Waals surface area (Å²) in [5, 5.41) is 3.51. The standard InChI is InChI=1S/C26H47N3O/c1-25(20-7-3-2-4-8-20)22-12-13-26(30-25,16-23(22)27)21-9-5-6-18(15-21)14-19-10-11-24(28)29-17-19/h18-24,29H,2-17,27-28H2,1H3/t18-,19?,21-,22+,23+,24?,25+,26+/m1/s1. The summed E-state index contributed by atoms with van der Waals surface area (Å²) in [5.41, 5.74) is 13.1. The zero-order valence-electron chi connectivity index (χ0n) is 19.4. The van der Waals surface area contributed by atoms with E-state index in [1.165, 1.54) is 83.5 Å². The number of piperidine rings is 1. The molecule has 6 rings (SSSR count). The summed E-state index contributed by atoms with van der Waals surface area (Å²) in [6, 6.07) is 0.351. The van der Waals surface area contributed by atoms with Crippen LogP contribution in [-0.2, 0) is 4.74 Å². The Bertz CT molecular complexity index is 585. The maximum Gasteiger partial charge on any atom is 0.0733 e. The SMILES string of the molecule is C[C@@]1(C2CCCCC2)O[C@@]2([C@@H]3CCC[C@H](CC4CCC(N)NC4)C3)CC[C@H]1[C@@H](N)C2. The predicted octanol–water partition coefficient (Wildman–Crippen LogP) is 4.70. The van der Waals surface area contributed by atoms with Crippen LogP contribution in [0.4, 0.5) is 0 Å². The van der Waals surface area contributed by atoms with Crippen LogP contribution in [0.3, 0.4) is 0 Å². The second kappa shape index (κ2) is 8.65. The van der Waals surface area contributed by atoms with E-state index in [4.69, 9.17) is 16.2 Å². The highest BCUT2D eigenvalue weighted by atomic mass is 16.5. The smallest absolute Gasteiger partial charge is 0.0733 e. The van der Waals surface area contributed by atoms with Gasteiger partial charge in [-0.2, -0.15) is 0 Å². The summed E-state index contributed by atoms with van der Waals surface area (Å²) < 4.78 is 7.35. The van der Waals surface area contributed by atoms with Crippen LogP contribution in [0.5, 0.6) is 0 Å². The highest BCUT2D eigenvalue weighted by molar-refractivity contribution is 5.12. The van der Waals surface area contributed by atoms with E-state index in [0.717, 1.165) is 43.1 Å². The molecule has 3 aliphatic heterocycles. The summed E-state index contributed by atoms with van der Waals surface area (Å²) >= 11 is 0. The average Bonchev–Trinajstić information content (AvgIpc) is 2.76. The van der Waals surface area contributed by atoms with Gasteiger partial charge in [0, 0.05) is 12.0 Å². The zero-order valence-corrected chi connectivity index (χ0v) is 19.4. The van der Waals surface area contributed by atoms with Crippen LogP contribution >= 0.6 is 0 Å². The minimum atomic E-state index is 0.0344. The van der Waals surface area contributed by atoms with Crippen molar-refractivity contribution in [2.45, 2.75) is 127 Å². The Balaban J connectivity index is 1.28. The molecule has 0 aromatic heterocycles. The van der Waals surface area contributed by atoms with Gasteiger partial charge in [-0.3, -0.25) is 0 Å². The molecule has 3 aliphatic carbocycles. The van der Waals surface area contributed by atoms with Gasteiger partial charge < -0.3 is 21.5 Å². The van der Waals surface area contributed by atoms with Gasteiger partial charge >= 0.3 is 0 Å². The van der Waals surface area contributed by atoms with Gasteiger partial charge in [0.15, 0.2) is 0 Å². The van der Waals surface area contributed by atoms with Crippen LogP contribution in [-0.4, -0.2) is 30.0 Å². The number of hydrogen-bond acceptors (Lipinski definition) is 4. The van der Waals surface area contributed by atoms with E-state index in [9.17, 15) is 0 Å². The molecule has 0 spiro atoms. The number of nitrogens with one attached hydrogen (secondary N) is 1. The molecule has 30 heavy (non-hydrogen) atoms. The lowest BCUT2D eigenvalue weighted by Gasteiger charge is -2.64. The monoisotopic (exact) mass is 417 g/mol. The molecule has 0 radical (unpaired) electrons. The molecular weight excluding hydrogens is 370 g/mol. The summed E-state index contributed by atoms with van der Waals surface area (Å²) in [6.45, 7) is 3.59. The van der Waals surface area contributed by atoms with Crippen molar-refractivity contribution in [3.8, 4) is 0 Å². The van der Waals surface area contributed by atoms with Gasteiger partial charge in [-0.05, 0) is 101 Å². The van der Waals surface area contributed by atoms with Crippen LogP contribution in [0.1, 0.15) is 103 Å². The quantitative estimate of drug-likeness (QED) is 0.620. The molecule has 0 aromatic carbocycles. The first-order chi connectivity index (χ1) is 14.5. The van der Waals surface area contributed by atoms with Crippen LogP contribution < -0.4 is 16.8 Å². The molecule has 4 heteroatoms. The third kappa shape index (κ3) is 4.00. The number of fused-ring (bicyclic) bond motifs is 3. The Morgan fingerprint density at radius 3 is 2.40 bits per heavy atom. The molecule has 2 bridgehead atoms. The molecule has 3 saturated heterocycles. The van der Waals surface area contributed by atoms with Gasteiger partial charge in [-0.25, -0.2) is 0 Å². The van der Waals surface area contributed by atoms with Crippen LogP contribution in [0, 0.1) is 29.6 Å². The fourth-order valence-electron chi connectivity index (χ4n) is 8.68. The second-order valence-electron chi connectivity index (χ2n) is 12.1. The van der Waals surface area contributed by atoms with Crippen molar-refractivity contribution in [1.29, 1.82) is 0 Å². The molecule has 6 fully saturated rings. The molecule has 5 N–H and O–H groups in total. The van der Waals surface area contributed by atoms with E-state index in [1.54, 1.807) is 0 Å². The fourth-order valence-corrected chi connectivity index (χ4v) is 8.68. The second-order valence-corrected chi connectivity index (χ2v) is 12.1. The Morgan fingerprint density at radius 2 is 1.67 bits per heavy atom. The van der Waals surface area contributed by atoms with E-state index < -0.39 is 0 Å². The van der Waals surface area contributed by atoms with E-state index in [-0.39, 0.29) is 17.4 Å². The normalized spacial score (nSPS) is 50.5. The maximum absolute atomic E-state index is 7.35. The third-order valence-corrected chi connectivity index (χ3v) is 10.3. The molecule has 8 atom stereocenters. The fraction of sp³-hybridized carbons (Fsp3) is 1.00. The minimum Gasteiger partial charge on any atom is -0.368 e. The van der Waals surface area contributed by atoms with E-state index in [2.05, 4.69) is 12.2 Å². The lowest BCUT2D eigenvalue weighted by molar-refractivity contribution is -0.295. The first kappa shape index (κ1) is 21.7. The lowest BCUT2D eigenvalue weighted by Crippen LogP contribution is -2.69. The average molecular weight is 418 g/mol. The van der Waals surface area contributed by atoms with Crippen molar-refractivity contribution in [2.75, 3.05) is 6.54 Å². The molecular formula is C26H47N3O. The van der Waals surface area contributed by atoms with E-state index >= 15 is 0 Å². The van der Waals surface area contributed by atoms with Crippen molar-refractivity contribution in [3.05, 3.63) is 0 Å². The summed E-state index contributed by atoms with van der Waals surface area (Å²) in [7, 11) is 0. The molecule has 4 nitrogen and oxygen atoms in total. The highest BCUT2D eigenvalue weighted by Crippen LogP contribution is 2.59. The first-order valence-electron chi connectivity index (χ1n) is 13.4. The van der Waals surface area contributed by atoms with Gasteiger partial charge in [0.1, 0.15) is 0 Å².